The summed E-state index contributed by atoms with van der Waals surface area (Å²) in [6.07, 6.45) is 0.812. The molecule has 4 heteroatoms. The predicted molar refractivity (Wildman–Crippen MR) is 208 cm³/mol. The van der Waals surface area contributed by atoms with Crippen molar-refractivity contribution in [3.05, 3.63) is 168 Å². The molecule has 50 heavy (non-hydrogen) atoms. The molecule has 4 nitrogen and oxygen atoms in total. The summed E-state index contributed by atoms with van der Waals surface area (Å²) in [7, 11) is 3.42. The van der Waals surface area contributed by atoms with Crippen molar-refractivity contribution in [3.63, 3.8) is 0 Å². The first-order valence-corrected chi connectivity index (χ1v) is 17.0. The van der Waals surface area contributed by atoms with Gasteiger partial charge >= 0.3 is 0 Å². The van der Waals surface area contributed by atoms with E-state index >= 15 is 0 Å². The molecule has 9 rings (SSSR count). The molecule has 0 fully saturated rings. The number of aromatic nitrogens is 2. The SMILES string of the molecule is COc1ccc(-c2ccc3c4c(Cc5ccc6c7ccccc7n(-c7ccc(OC)cc7)c6c5)cc(C)cc4n(-c4ccccc4)c3c2)cc1. The third kappa shape index (κ3) is 4.91. The lowest BCUT2D eigenvalue weighted by Crippen LogP contribution is -1.97. The van der Waals surface area contributed by atoms with Crippen LogP contribution in [0.25, 0.3) is 66.1 Å². The second-order valence-corrected chi connectivity index (χ2v) is 13.0. The number of hydrogen-bond acceptors (Lipinski definition) is 2. The van der Waals surface area contributed by atoms with Gasteiger partial charge < -0.3 is 18.6 Å². The number of hydrogen-bond donors (Lipinski definition) is 0. The van der Waals surface area contributed by atoms with Crippen molar-refractivity contribution in [1.82, 2.24) is 9.13 Å². The van der Waals surface area contributed by atoms with E-state index in [1.165, 1.54) is 65.9 Å². The van der Waals surface area contributed by atoms with Crippen LogP contribution in [0.2, 0.25) is 0 Å². The average Bonchev–Trinajstić information content (AvgIpc) is 3.67. The van der Waals surface area contributed by atoms with Crippen molar-refractivity contribution < 1.29 is 9.47 Å². The van der Waals surface area contributed by atoms with Gasteiger partial charge in [0, 0.05) is 32.9 Å². The fourth-order valence-corrected chi connectivity index (χ4v) is 7.70. The zero-order valence-corrected chi connectivity index (χ0v) is 28.4. The maximum absolute atomic E-state index is 5.47. The van der Waals surface area contributed by atoms with Gasteiger partial charge in [-0.2, -0.15) is 0 Å². The summed E-state index contributed by atoms with van der Waals surface area (Å²) >= 11 is 0. The fourth-order valence-electron chi connectivity index (χ4n) is 7.70. The Balaban J connectivity index is 1.24. The number of para-hydroxylation sites is 2. The second kappa shape index (κ2) is 12.0. The molecule has 9 aromatic rings. The van der Waals surface area contributed by atoms with Crippen molar-refractivity contribution in [2.45, 2.75) is 13.3 Å². The normalized spacial score (nSPS) is 11.6. The van der Waals surface area contributed by atoms with Crippen LogP contribution in [-0.4, -0.2) is 23.4 Å². The van der Waals surface area contributed by atoms with Crippen LogP contribution in [0.1, 0.15) is 16.7 Å². The Bertz CT molecular complexity index is 2680. The molecule has 7 aromatic carbocycles. The van der Waals surface area contributed by atoms with Gasteiger partial charge in [-0.15, -0.1) is 0 Å². The minimum Gasteiger partial charge on any atom is -0.497 e. The standard InChI is InChI=1S/C46H36N2O2/c1-30-25-34(27-31-13-23-40-39-11-7-8-12-42(39)47(43(40)28-31)36-17-21-38(50-3)22-18-36)46-41-24-16-33(32-14-19-37(49-2)20-15-32)29-44(41)48(45(46)26-30)35-9-5-4-6-10-35/h4-26,28-29H,27H2,1-3H3. The number of benzene rings is 7. The van der Waals surface area contributed by atoms with Gasteiger partial charge in [-0.05, 0) is 114 Å². The topological polar surface area (TPSA) is 28.3 Å². The Morgan fingerprint density at radius 3 is 1.82 bits per heavy atom. The molecule has 0 bridgehead atoms. The van der Waals surface area contributed by atoms with E-state index < -0.39 is 0 Å². The van der Waals surface area contributed by atoms with Gasteiger partial charge in [0.05, 0.1) is 36.3 Å². The minimum atomic E-state index is 0.812. The van der Waals surface area contributed by atoms with E-state index in [0.717, 1.165) is 34.9 Å². The summed E-state index contributed by atoms with van der Waals surface area (Å²) < 4.78 is 15.7. The molecule has 0 atom stereocenters. The number of ether oxygens (including phenoxy) is 2. The lowest BCUT2D eigenvalue weighted by Gasteiger charge is -2.12. The van der Waals surface area contributed by atoms with Crippen molar-refractivity contribution in [3.8, 4) is 34.0 Å². The number of fused-ring (bicyclic) bond motifs is 6. The first kappa shape index (κ1) is 29.8. The van der Waals surface area contributed by atoms with Gasteiger partial charge in [0.25, 0.3) is 0 Å². The lowest BCUT2D eigenvalue weighted by molar-refractivity contribution is 0.414. The molecule has 0 unspecified atom stereocenters. The van der Waals surface area contributed by atoms with Crippen LogP contribution in [-0.2, 0) is 6.42 Å². The molecule has 0 aliphatic carbocycles. The first-order valence-electron chi connectivity index (χ1n) is 17.0. The number of methoxy groups -OCH3 is 2. The molecule has 0 radical (unpaired) electrons. The van der Waals surface area contributed by atoms with E-state index in [9.17, 15) is 0 Å². The van der Waals surface area contributed by atoms with Crippen LogP contribution >= 0.6 is 0 Å². The molecule has 0 aliphatic rings. The lowest BCUT2D eigenvalue weighted by atomic mass is 9.96. The summed E-state index contributed by atoms with van der Waals surface area (Å²) in [5.41, 5.74) is 13.3. The Morgan fingerprint density at radius 2 is 1.06 bits per heavy atom. The van der Waals surface area contributed by atoms with Gasteiger partial charge in [0.1, 0.15) is 11.5 Å². The highest BCUT2D eigenvalue weighted by molar-refractivity contribution is 6.12. The smallest absolute Gasteiger partial charge is 0.119 e. The molecule has 2 heterocycles. The molecule has 0 aliphatic heterocycles. The summed E-state index contributed by atoms with van der Waals surface area (Å²) in [6.45, 7) is 2.21. The zero-order chi connectivity index (χ0) is 33.8. The Morgan fingerprint density at radius 1 is 0.460 bits per heavy atom. The number of rotatable bonds is 7. The number of nitrogens with zero attached hydrogens (tertiary/aromatic N) is 2. The molecular weight excluding hydrogens is 613 g/mol. The van der Waals surface area contributed by atoms with Crippen LogP contribution in [0.15, 0.2) is 152 Å². The van der Waals surface area contributed by atoms with Gasteiger partial charge in [0.15, 0.2) is 0 Å². The van der Waals surface area contributed by atoms with Crippen molar-refractivity contribution >= 4 is 43.6 Å². The van der Waals surface area contributed by atoms with Crippen molar-refractivity contribution in [1.29, 1.82) is 0 Å². The highest BCUT2D eigenvalue weighted by Crippen LogP contribution is 2.39. The molecule has 2 aromatic heterocycles. The third-order valence-corrected chi connectivity index (χ3v) is 9.99. The number of aryl methyl sites for hydroxylation is 1. The Labute approximate surface area is 291 Å². The quantitative estimate of drug-likeness (QED) is 0.172. The van der Waals surface area contributed by atoms with Crippen molar-refractivity contribution in [2.24, 2.45) is 0 Å². The van der Waals surface area contributed by atoms with Crippen LogP contribution in [0, 0.1) is 6.92 Å². The predicted octanol–water partition coefficient (Wildman–Crippen LogP) is 11.5. The maximum Gasteiger partial charge on any atom is 0.119 e. The average molecular weight is 649 g/mol. The van der Waals surface area contributed by atoms with E-state index in [4.69, 9.17) is 9.47 Å². The zero-order valence-electron chi connectivity index (χ0n) is 28.4. The highest BCUT2D eigenvalue weighted by Gasteiger charge is 2.19. The summed E-state index contributed by atoms with van der Waals surface area (Å²) in [4.78, 5) is 0. The van der Waals surface area contributed by atoms with Gasteiger partial charge in [0.2, 0.25) is 0 Å². The monoisotopic (exact) mass is 648 g/mol. The molecular formula is C46H36N2O2. The van der Waals surface area contributed by atoms with Crippen LogP contribution < -0.4 is 9.47 Å². The van der Waals surface area contributed by atoms with E-state index in [1.54, 1.807) is 14.2 Å². The largest absolute Gasteiger partial charge is 0.497 e. The van der Waals surface area contributed by atoms with E-state index in [0.29, 0.717) is 0 Å². The summed E-state index contributed by atoms with van der Waals surface area (Å²) in [6, 6.07) is 54.6. The molecule has 0 N–H and O–H groups in total. The Kier molecular flexibility index (Phi) is 7.17. The van der Waals surface area contributed by atoms with E-state index in [-0.39, 0.29) is 0 Å². The van der Waals surface area contributed by atoms with Crippen LogP contribution in [0.3, 0.4) is 0 Å². The maximum atomic E-state index is 5.47. The molecule has 0 saturated carbocycles. The summed E-state index contributed by atoms with van der Waals surface area (Å²) in [5.74, 6) is 1.71. The minimum absolute atomic E-state index is 0.812. The molecule has 242 valence electrons. The molecule has 0 amide bonds. The van der Waals surface area contributed by atoms with E-state index in [1.807, 2.05) is 24.3 Å². The third-order valence-electron chi connectivity index (χ3n) is 9.99. The van der Waals surface area contributed by atoms with Gasteiger partial charge in [-0.1, -0.05) is 78.9 Å². The first-order chi connectivity index (χ1) is 24.6. The van der Waals surface area contributed by atoms with Gasteiger partial charge in [-0.25, -0.2) is 0 Å². The second-order valence-electron chi connectivity index (χ2n) is 13.0. The summed E-state index contributed by atoms with van der Waals surface area (Å²) in [5, 5.41) is 5.05. The molecule has 0 saturated heterocycles. The highest BCUT2D eigenvalue weighted by atomic mass is 16.5. The van der Waals surface area contributed by atoms with Gasteiger partial charge in [-0.3, -0.25) is 0 Å². The fraction of sp³-hybridized carbons (Fsp3) is 0.0870. The van der Waals surface area contributed by atoms with E-state index in [2.05, 4.69) is 143 Å². The molecule has 0 spiro atoms. The Hall–Kier alpha value is -6.26. The van der Waals surface area contributed by atoms with Crippen LogP contribution in [0.5, 0.6) is 11.5 Å². The van der Waals surface area contributed by atoms with Crippen molar-refractivity contribution in [2.75, 3.05) is 14.2 Å². The van der Waals surface area contributed by atoms with Crippen LogP contribution in [0.4, 0.5) is 0 Å².